The molecule has 1 saturated carbocycles. The number of carboxylic acids is 1. The molecule has 4 heteroatoms. The molecule has 1 aliphatic rings. The van der Waals surface area contributed by atoms with Gasteiger partial charge in [0.2, 0.25) is 0 Å². The van der Waals surface area contributed by atoms with Crippen LogP contribution in [0.5, 0.6) is 11.5 Å². The Morgan fingerprint density at radius 1 is 1.15 bits per heavy atom. The van der Waals surface area contributed by atoms with E-state index in [1.165, 1.54) is 0 Å². The Kier molecular flexibility index (Phi) is 4.21. The maximum Gasteiger partial charge on any atom is 0.314 e. The van der Waals surface area contributed by atoms with Crippen LogP contribution < -0.4 is 9.47 Å². The van der Waals surface area contributed by atoms with Gasteiger partial charge in [0, 0.05) is 11.6 Å². The Morgan fingerprint density at radius 2 is 1.80 bits per heavy atom. The molecule has 0 saturated heterocycles. The summed E-state index contributed by atoms with van der Waals surface area (Å²) in [5, 5.41) is 9.83. The third-order valence-corrected chi connectivity index (χ3v) is 4.32. The highest BCUT2D eigenvalue weighted by molar-refractivity contribution is 5.83. The fraction of sp³-hybridized carbons (Fsp3) is 0.562. The molecule has 0 unspecified atom stereocenters. The van der Waals surface area contributed by atoms with Gasteiger partial charge in [0.15, 0.2) is 0 Å². The van der Waals surface area contributed by atoms with Gasteiger partial charge in [-0.15, -0.1) is 0 Å². The third-order valence-electron chi connectivity index (χ3n) is 4.32. The van der Waals surface area contributed by atoms with Crippen LogP contribution in [0.4, 0.5) is 0 Å². The number of hydrogen-bond acceptors (Lipinski definition) is 3. The summed E-state index contributed by atoms with van der Waals surface area (Å²) in [6, 6.07) is 3.67. The summed E-state index contributed by atoms with van der Waals surface area (Å²) < 4.78 is 10.7. The van der Waals surface area contributed by atoms with E-state index >= 15 is 0 Å². The van der Waals surface area contributed by atoms with Crippen molar-refractivity contribution in [1.82, 2.24) is 0 Å². The molecule has 4 nitrogen and oxygen atoms in total. The lowest BCUT2D eigenvalue weighted by molar-refractivity contribution is -0.145. The lowest BCUT2D eigenvalue weighted by Crippen LogP contribution is -2.38. The van der Waals surface area contributed by atoms with Crippen LogP contribution >= 0.6 is 0 Å². The van der Waals surface area contributed by atoms with E-state index in [-0.39, 0.29) is 0 Å². The molecule has 1 fully saturated rings. The van der Waals surface area contributed by atoms with E-state index < -0.39 is 11.4 Å². The van der Waals surface area contributed by atoms with E-state index in [9.17, 15) is 9.90 Å². The van der Waals surface area contributed by atoms with Crippen molar-refractivity contribution in [2.75, 3.05) is 14.2 Å². The Labute approximate surface area is 119 Å². The molecule has 1 aromatic rings. The van der Waals surface area contributed by atoms with Gasteiger partial charge in [0.05, 0.1) is 19.6 Å². The summed E-state index contributed by atoms with van der Waals surface area (Å²) in [6.45, 7) is 1.93. The fourth-order valence-electron chi connectivity index (χ4n) is 3.34. The Balaban J connectivity index is 2.61. The zero-order valence-electron chi connectivity index (χ0n) is 12.4. The molecule has 20 heavy (non-hydrogen) atoms. The smallest absolute Gasteiger partial charge is 0.314 e. The van der Waals surface area contributed by atoms with Crippen molar-refractivity contribution in [1.29, 1.82) is 0 Å². The molecule has 0 bridgehead atoms. The summed E-state index contributed by atoms with van der Waals surface area (Å²) in [4.78, 5) is 12.0. The Hall–Kier alpha value is -1.71. The molecule has 0 aliphatic heterocycles. The molecule has 0 spiro atoms. The fourth-order valence-corrected chi connectivity index (χ4v) is 3.34. The van der Waals surface area contributed by atoms with Crippen LogP contribution in [-0.2, 0) is 10.2 Å². The van der Waals surface area contributed by atoms with Gasteiger partial charge in [-0.25, -0.2) is 0 Å². The van der Waals surface area contributed by atoms with Crippen molar-refractivity contribution in [3.63, 3.8) is 0 Å². The van der Waals surface area contributed by atoms with Crippen LogP contribution in [0.2, 0.25) is 0 Å². The number of carboxylic acid groups (broad SMARTS) is 1. The molecular formula is C16H22O4. The highest BCUT2D eigenvalue weighted by Gasteiger charge is 2.44. The average Bonchev–Trinajstić information content (AvgIpc) is 2.46. The third kappa shape index (κ3) is 2.35. The summed E-state index contributed by atoms with van der Waals surface area (Å²) >= 11 is 0. The van der Waals surface area contributed by atoms with Crippen LogP contribution in [0.15, 0.2) is 12.1 Å². The van der Waals surface area contributed by atoms with Crippen molar-refractivity contribution in [3.8, 4) is 11.5 Å². The summed E-state index contributed by atoms with van der Waals surface area (Å²) in [5.41, 5.74) is 0.915. The number of aliphatic carboxylic acids is 1. The second kappa shape index (κ2) is 5.73. The topological polar surface area (TPSA) is 55.8 Å². The van der Waals surface area contributed by atoms with Crippen LogP contribution in [0, 0.1) is 6.92 Å². The standard InChI is InChI=1S/C16H22O4/c1-11-9-12(19-2)10-13(20-3)14(11)16(15(17)18)7-5-4-6-8-16/h9-10H,4-8H2,1-3H3,(H,17,18). The van der Waals surface area contributed by atoms with E-state index in [1.807, 2.05) is 13.0 Å². The number of carbonyl (C=O) groups is 1. The van der Waals surface area contributed by atoms with Crippen molar-refractivity contribution in [3.05, 3.63) is 23.3 Å². The number of rotatable bonds is 4. The minimum absolute atomic E-state index is 0.617. The maximum absolute atomic E-state index is 12.0. The number of methoxy groups -OCH3 is 2. The maximum atomic E-state index is 12.0. The SMILES string of the molecule is COc1cc(C)c(C2(C(=O)O)CCCCC2)c(OC)c1. The molecule has 0 atom stereocenters. The zero-order chi connectivity index (χ0) is 14.8. The summed E-state index contributed by atoms with van der Waals surface area (Å²) in [5.74, 6) is 0.564. The molecule has 1 N–H and O–H groups in total. The molecule has 0 heterocycles. The number of hydrogen-bond donors (Lipinski definition) is 1. The number of ether oxygens (including phenoxy) is 2. The van der Waals surface area contributed by atoms with Gasteiger partial charge in [-0.3, -0.25) is 4.79 Å². The van der Waals surface area contributed by atoms with Crippen LogP contribution in [0.3, 0.4) is 0 Å². The van der Waals surface area contributed by atoms with Gasteiger partial charge >= 0.3 is 5.97 Å². The minimum atomic E-state index is -0.819. The van der Waals surface area contributed by atoms with Crippen LogP contribution in [0.25, 0.3) is 0 Å². The highest BCUT2D eigenvalue weighted by Crippen LogP contribution is 2.46. The predicted octanol–water partition coefficient (Wildman–Crippen LogP) is 3.30. The molecule has 0 radical (unpaired) electrons. The largest absolute Gasteiger partial charge is 0.497 e. The van der Waals surface area contributed by atoms with Gasteiger partial charge in [-0.05, 0) is 31.4 Å². The van der Waals surface area contributed by atoms with E-state index in [1.54, 1.807) is 20.3 Å². The quantitative estimate of drug-likeness (QED) is 0.918. The molecule has 2 rings (SSSR count). The molecule has 110 valence electrons. The van der Waals surface area contributed by atoms with E-state index in [2.05, 4.69) is 0 Å². The van der Waals surface area contributed by atoms with Crippen molar-refractivity contribution < 1.29 is 19.4 Å². The van der Waals surface area contributed by atoms with E-state index in [0.29, 0.717) is 24.3 Å². The van der Waals surface area contributed by atoms with Crippen molar-refractivity contribution in [2.24, 2.45) is 0 Å². The van der Waals surface area contributed by atoms with E-state index in [0.717, 1.165) is 30.4 Å². The summed E-state index contributed by atoms with van der Waals surface area (Å²) in [7, 11) is 3.18. The van der Waals surface area contributed by atoms with Crippen molar-refractivity contribution in [2.45, 2.75) is 44.4 Å². The first-order valence-electron chi connectivity index (χ1n) is 7.01. The Morgan fingerprint density at radius 3 is 2.30 bits per heavy atom. The molecular weight excluding hydrogens is 256 g/mol. The van der Waals surface area contributed by atoms with Gasteiger partial charge in [0.1, 0.15) is 11.5 Å². The van der Waals surface area contributed by atoms with E-state index in [4.69, 9.17) is 9.47 Å². The highest BCUT2D eigenvalue weighted by atomic mass is 16.5. The predicted molar refractivity (Wildman–Crippen MR) is 76.7 cm³/mol. The van der Waals surface area contributed by atoms with Gasteiger partial charge in [-0.1, -0.05) is 19.3 Å². The van der Waals surface area contributed by atoms with Crippen LogP contribution in [-0.4, -0.2) is 25.3 Å². The van der Waals surface area contributed by atoms with Gasteiger partial charge in [0.25, 0.3) is 0 Å². The normalized spacial score (nSPS) is 17.6. The lowest BCUT2D eigenvalue weighted by atomic mass is 9.68. The molecule has 1 aliphatic carbocycles. The monoisotopic (exact) mass is 278 g/mol. The summed E-state index contributed by atoms with van der Waals surface area (Å²) in [6.07, 6.45) is 4.34. The molecule has 0 aromatic heterocycles. The van der Waals surface area contributed by atoms with Gasteiger partial charge < -0.3 is 14.6 Å². The zero-order valence-corrected chi connectivity index (χ0v) is 12.4. The first-order valence-corrected chi connectivity index (χ1v) is 7.01. The minimum Gasteiger partial charge on any atom is -0.497 e. The molecule has 0 amide bonds. The first-order chi connectivity index (χ1) is 9.55. The van der Waals surface area contributed by atoms with Crippen LogP contribution in [0.1, 0.15) is 43.2 Å². The van der Waals surface area contributed by atoms with Crippen molar-refractivity contribution >= 4 is 5.97 Å². The number of aryl methyl sites for hydroxylation is 1. The second-order valence-electron chi connectivity index (χ2n) is 5.47. The lowest BCUT2D eigenvalue weighted by Gasteiger charge is -2.35. The first kappa shape index (κ1) is 14.7. The molecule has 1 aromatic carbocycles. The number of benzene rings is 1. The second-order valence-corrected chi connectivity index (χ2v) is 5.47. The van der Waals surface area contributed by atoms with Gasteiger partial charge in [-0.2, -0.15) is 0 Å². The average molecular weight is 278 g/mol. The Bertz CT molecular complexity index is 501.